The summed E-state index contributed by atoms with van der Waals surface area (Å²) in [7, 11) is 0. The van der Waals surface area contributed by atoms with Crippen molar-refractivity contribution < 1.29 is 23.0 Å². The molecule has 0 radical (unpaired) electrons. The summed E-state index contributed by atoms with van der Waals surface area (Å²) in [5.74, 6) is -0.00165. The van der Waals surface area contributed by atoms with Crippen molar-refractivity contribution in [3.8, 4) is 5.75 Å². The minimum atomic E-state index is -4.62. The van der Waals surface area contributed by atoms with E-state index in [1.54, 1.807) is 12.3 Å². The van der Waals surface area contributed by atoms with Gasteiger partial charge in [-0.3, -0.25) is 0 Å². The third kappa shape index (κ3) is 4.78. The van der Waals surface area contributed by atoms with Crippen LogP contribution in [0.1, 0.15) is 5.56 Å². The van der Waals surface area contributed by atoms with Crippen molar-refractivity contribution in [2.75, 3.05) is 41.8 Å². The second-order valence-electron chi connectivity index (χ2n) is 7.51. The van der Waals surface area contributed by atoms with Gasteiger partial charge in [0.15, 0.2) is 0 Å². The number of halogens is 3. The van der Waals surface area contributed by atoms with E-state index in [1.165, 1.54) is 0 Å². The SMILES string of the molecule is Oc1cc(Nc2nc(Nc3ccn4ccnc4c3)nc(N3CCOCC3)n2)cc(C(F)(F)F)c1. The van der Waals surface area contributed by atoms with Crippen molar-refractivity contribution in [3.63, 3.8) is 0 Å². The van der Waals surface area contributed by atoms with Gasteiger partial charge in [0.2, 0.25) is 17.8 Å². The minimum Gasteiger partial charge on any atom is -0.508 e. The summed E-state index contributed by atoms with van der Waals surface area (Å²) < 4.78 is 46.7. The highest BCUT2D eigenvalue weighted by atomic mass is 19.4. The van der Waals surface area contributed by atoms with Crippen LogP contribution in [0.25, 0.3) is 5.65 Å². The molecule has 5 rings (SSSR count). The number of imidazole rings is 1. The predicted octanol–water partition coefficient (Wildman–Crippen LogP) is 3.57. The molecule has 1 aliphatic heterocycles. The van der Waals surface area contributed by atoms with Crippen LogP contribution < -0.4 is 15.5 Å². The summed E-state index contributed by atoms with van der Waals surface area (Å²) in [5.41, 5.74) is 0.366. The molecule has 1 aromatic carbocycles. The molecule has 13 heteroatoms. The Morgan fingerprint density at radius 1 is 0.912 bits per heavy atom. The Hall–Kier alpha value is -4.13. The summed E-state index contributed by atoms with van der Waals surface area (Å²) in [5, 5.41) is 15.6. The molecule has 0 aliphatic carbocycles. The van der Waals surface area contributed by atoms with Crippen LogP contribution >= 0.6 is 0 Å². The molecular weight excluding hydrogens is 453 g/mol. The first-order valence-electron chi connectivity index (χ1n) is 10.3. The lowest BCUT2D eigenvalue weighted by Crippen LogP contribution is -2.37. The Kier molecular flexibility index (Phi) is 5.53. The lowest BCUT2D eigenvalue weighted by Gasteiger charge is -2.27. The smallest absolute Gasteiger partial charge is 0.416 e. The van der Waals surface area contributed by atoms with Crippen LogP contribution in [0, 0.1) is 0 Å². The molecule has 1 saturated heterocycles. The van der Waals surface area contributed by atoms with E-state index in [0.29, 0.717) is 49.7 Å². The van der Waals surface area contributed by atoms with E-state index in [4.69, 9.17) is 4.74 Å². The highest BCUT2D eigenvalue weighted by Crippen LogP contribution is 2.34. The second-order valence-corrected chi connectivity index (χ2v) is 7.51. The van der Waals surface area contributed by atoms with E-state index >= 15 is 0 Å². The molecule has 3 N–H and O–H groups in total. The average molecular weight is 472 g/mol. The third-order valence-corrected chi connectivity index (χ3v) is 5.07. The number of benzene rings is 1. The van der Waals surface area contributed by atoms with Gasteiger partial charge in [-0.25, -0.2) is 4.98 Å². The molecule has 4 aromatic rings. The van der Waals surface area contributed by atoms with Crippen LogP contribution in [0.4, 0.5) is 42.4 Å². The number of alkyl halides is 3. The molecular formula is C21H19F3N8O2. The van der Waals surface area contributed by atoms with Gasteiger partial charge in [-0.2, -0.15) is 28.1 Å². The van der Waals surface area contributed by atoms with Crippen LogP contribution in [-0.4, -0.2) is 55.7 Å². The third-order valence-electron chi connectivity index (χ3n) is 5.07. The van der Waals surface area contributed by atoms with Crippen molar-refractivity contribution in [2.24, 2.45) is 0 Å². The molecule has 1 aliphatic rings. The van der Waals surface area contributed by atoms with Gasteiger partial charge in [0.25, 0.3) is 0 Å². The molecule has 10 nitrogen and oxygen atoms in total. The Balaban J connectivity index is 1.49. The van der Waals surface area contributed by atoms with Gasteiger partial charge in [-0.05, 0) is 18.2 Å². The largest absolute Gasteiger partial charge is 0.508 e. The van der Waals surface area contributed by atoms with Gasteiger partial charge in [0, 0.05) is 55.2 Å². The fourth-order valence-corrected chi connectivity index (χ4v) is 3.47. The molecule has 34 heavy (non-hydrogen) atoms. The van der Waals surface area contributed by atoms with E-state index in [1.807, 2.05) is 27.8 Å². The summed E-state index contributed by atoms with van der Waals surface area (Å²) in [4.78, 5) is 19.3. The van der Waals surface area contributed by atoms with Gasteiger partial charge in [0.1, 0.15) is 11.4 Å². The first kappa shape index (κ1) is 21.7. The van der Waals surface area contributed by atoms with Crippen LogP contribution in [0.5, 0.6) is 5.75 Å². The highest BCUT2D eigenvalue weighted by molar-refractivity contribution is 5.63. The van der Waals surface area contributed by atoms with E-state index in [2.05, 4.69) is 30.6 Å². The number of nitrogens with one attached hydrogen (secondary N) is 2. The number of nitrogens with zero attached hydrogens (tertiary/aromatic N) is 6. The number of aromatic hydroxyl groups is 1. The topological polar surface area (TPSA) is 113 Å². The normalized spacial score (nSPS) is 14.4. The lowest BCUT2D eigenvalue weighted by atomic mass is 10.2. The molecule has 3 aromatic heterocycles. The zero-order chi connectivity index (χ0) is 23.7. The zero-order valence-electron chi connectivity index (χ0n) is 17.6. The van der Waals surface area contributed by atoms with Crippen molar-refractivity contribution in [2.45, 2.75) is 6.18 Å². The molecule has 1 fully saturated rings. The maximum absolute atomic E-state index is 13.2. The number of morpholine rings is 1. The Bertz CT molecular complexity index is 1320. The summed E-state index contributed by atoms with van der Waals surface area (Å²) >= 11 is 0. The molecule has 0 spiro atoms. The van der Waals surface area contributed by atoms with E-state index in [9.17, 15) is 18.3 Å². The van der Waals surface area contributed by atoms with E-state index < -0.39 is 17.5 Å². The molecule has 0 amide bonds. The first-order chi connectivity index (χ1) is 16.3. The molecule has 176 valence electrons. The Labute approximate surface area is 191 Å². The number of ether oxygens (including phenoxy) is 1. The lowest BCUT2D eigenvalue weighted by molar-refractivity contribution is -0.137. The summed E-state index contributed by atoms with van der Waals surface area (Å²) in [6, 6.07) is 6.29. The van der Waals surface area contributed by atoms with E-state index in [0.717, 1.165) is 12.1 Å². The van der Waals surface area contributed by atoms with Gasteiger partial charge in [0.05, 0.1) is 18.8 Å². The minimum absolute atomic E-state index is 0.0135. The van der Waals surface area contributed by atoms with Gasteiger partial charge >= 0.3 is 6.18 Å². The van der Waals surface area contributed by atoms with Crippen LogP contribution in [-0.2, 0) is 10.9 Å². The van der Waals surface area contributed by atoms with Crippen molar-refractivity contribution in [1.82, 2.24) is 24.3 Å². The fourth-order valence-electron chi connectivity index (χ4n) is 3.47. The maximum Gasteiger partial charge on any atom is 0.416 e. The number of hydrogen-bond donors (Lipinski definition) is 3. The van der Waals surface area contributed by atoms with Gasteiger partial charge in [-0.15, -0.1) is 0 Å². The Morgan fingerprint density at radius 2 is 1.65 bits per heavy atom. The summed E-state index contributed by atoms with van der Waals surface area (Å²) in [6.07, 6.45) is 0.681. The predicted molar refractivity (Wildman–Crippen MR) is 118 cm³/mol. The second kappa shape index (κ2) is 8.67. The van der Waals surface area contributed by atoms with Crippen molar-refractivity contribution in [1.29, 1.82) is 0 Å². The zero-order valence-corrected chi connectivity index (χ0v) is 17.6. The Morgan fingerprint density at radius 3 is 2.38 bits per heavy atom. The monoisotopic (exact) mass is 472 g/mol. The molecule has 4 heterocycles. The molecule has 0 saturated carbocycles. The van der Waals surface area contributed by atoms with Crippen LogP contribution in [0.15, 0.2) is 48.9 Å². The first-order valence-corrected chi connectivity index (χ1v) is 10.3. The molecule has 0 unspecified atom stereocenters. The highest BCUT2D eigenvalue weighted by Gasteiger charge is 2.31. The maximum atomic E-state index is 13.2. The number of anilines is 5. The quantitative estimate of drug-likeness (QED) is 0.401. The standard InChI is InChI=1S/C21H19F3N8O2/c22-21(23,24)13-9-15(11-16(33)10-13)27-19-28-18(29-20(30-19)32-5-7-34-8-6-32)26-14-1-3-31-4-2-25-17(31)12-14/h1-4,9-12,33H,5-8H2,(H2,26,27,28,29,30). The average Bonchev–Trinajstić information content (AvgIpc) is 3.26. The molecule has 0 bridgehead atoms. The van der Waals surface area contributed by atoms with Gasteiger partial charge < -0.3 is 29.8 Å². The number of phenolic OH excluding ortho intramolecular Hbond substituents is 1. The number of rotatable bonds is 5. The number of aromatic nitrogens is 5. The van der Waals surface area contributed by atoms with Gasteiger partial charge in [-0.1, -0.05) is 0 Å². The van der Waals surface area contributed by atoms with Crippen LogP contribution in [0.2, 0.25) is 0 Å². The molecule has 0 atom stereocenters. The number of fused-ring (bicyclic) bond motifs is 1. The van der Waals surface area contributed by atoms with Crippen molar-refractivity contribution in [3.05, 3.63) is 54.5 Å². The number of pyridine rings is 1. The van der Waals surface area contributed by atoms with Crippen molar-refractivity contribution >= 4 is 34.9 Å². The van der Waals surface area contributed by atoms with E-state index in [-0.39, 0.29) is 17.6 Å². The summed E-state index contributed by atoms with van der Waals surface area (Å²) in [6.45, 7) is 2.09. The number of hydrogen-bond acceptors (Lipinski definition) is 9. The van der Waals surface area contributed by atoms with Crippen LogP contribution in [0.3, 0.4) is 0 Å². The number of phenols is 1. The fraction of sp³-hybridized carbons (Fsp3) is 0.238.